The Balaban J connectivity index is 2.45. The van der Waals surface area contributed by atoms with E-state index in [9.17, 15) is 9.59 Å². The van der Waals surface area contributed by atoms with Crippen LogP contribution in [0, 0.1) is 10.5 Å². The Labute approximate surface area is 184 Å². The summed E-state index contributed by atoms with van der Waals surface area (Å²) in [6.45, 7) is 9.13. The molecule has 7 nitrogen and oxygen atoms in total. The van der Waals surface area contributed by atoms with Crippen LogP contribution in [0.4, 0.5) is 11.4 Å². The fourth-order valence-electron chi connectivity index (χ4n) is 1.94. The molecule has 0 aliphatic rings. The lowest BCUT2D eigenvalue weighted by atomic mass is 10.2. The third-order valence-electron chi connectivity index (χ3n) is 3.14. The van der Waals surface area contributed by atoms with Gasteiger partial charge in [0.05, 0.1) is 4.43 Å². The second kappa shape index (κ2) is 11.1. The first-order chi connectivity index (χ1) is 12.6. The monoisotopic (exact) mass is 602 g/mol. The highest BCUT2D eigenvalue weighted by Crippen LogP contribution is 2.20. The zero-order valence-corrected chi connectivity index (χ0v) is 20.0. The van der Waals surface area contributed by atoms with Crippen LogP contribution in [0.5, 0.6) is 0 Å². The van der Waals surface area contributed by atoms with E-state index < -0.39 is 32.2 Å². The van der Waals surface area contributed by atoms with Gasteiger partial charge < -0.3 is 27.0 Å². The molecule has 0 heterocycles. The number of esters is 2. The zero-order valence-electron chi connectivity index (χ0n) is 15.7. The largest absolute Gasteiger partial charge is 0.492 e. The molecular formula is C18H26I2N3O4-. The topological polar surface area (TPSA) is 101 Å². The molecule has 0 bridgehead atoms. The average molecular weight is 602 g/mol. The molecule has 1 aromatic rings. The van der Waals surface area contributed by atoms with Crippen LogP contribution in [0.2, 0.25) is 0 Å². The van der Waals surface area contributed by atoms with Crippen LogP contribution < -0.4 is 10.6 Å². The van der Waals surface area contributed by atoms with Crippen molar-refractivity contribution >= 4 is 66.9 Å². The van der Waals surface area contributed by atoms with Gasteiger partial charge in [0.15, 0.2) is 0 Å². The van der Waals surface area contributed by atoms with Crippen molar-refractivity contribution in [3.63, 3.8) is 0 Å². The van der Waals surface area contributed by atoms with Crippen molar-refractivity contribution in [1.29, 1.82) is 3.56 Å². The van der Waals surface area contributed by atoms with E-state index in [-0.39, 0.29) is 25.0 Å². The van der Waals surface area contributed by atoms with Crippen LogP contribution in [-0.2, 0) is 19.1 Å². The lowest BCUT2D eigenvalue weighted by molar-refractivity contribution is -0.152. The lowest BCUT2D eigenvalue weighted by Crippen LogP contribution is -2.37. The summed E-state index contributed by atoms with van der Waals surface area (Å²) in [5.74, 6) is -0.722. The molecule has 0 saturated heterocycles. The summed E-state index contributed by atoms with van der Waals surface area (Å²) in [5.41, 5.74) is 0.220. The number of halogens is 2. The van der Waals surface area contributed by atoms with Crippen molar-refractivity contribution < 1.29 is 19.1 Å². The van der Waals surface area contributed by atoms with Crippen LogP contribution in [0.3, 0.4) is 0 Å². The maximum absolute atomic E-state index is 12.0. The standard InChI is InChI=1S/C18H26I2N3O4/c1-17(2,3)26-15(24)9-22-13-5-7-14(8-6-13)23-10-16(25)27-18(4,11-19)12-20-21/h5-8,21-23H,1,9-12H2,2-4H3/q-1. The van der Waals surface area contributed by atoms with Crippen LogP contribution >= 0.6 is 43.6 Å². The molecule has 1 rings (SSSR count). The Morgan fingerprint density at radius 1 is 1.07 bits per heavy atom. The van der Waals surface area contributed by atoms with Gasteiger partial charge in [-0.2, -0.15) is 0 Å². The Bertz CT molecular complexity index is 647. The van der Waals surface area contributed by atoms with E-state index in [0.29, 0.717) is 8.86 Å². The summed E-state index contributed by atoms with van der Waals surface area (Å²) in [6, 6.07) is 7.21. The highest BCUT2D eigenvalue weighted by molar-refractivity contribution is 14.1. The molecule has 0 aromatic heterocycles. The van der Waals surface area contributed by atoms with Gasteiger partial charge >= 0.3 is 11.9 Å². The maximum atomic E-state index is 12.0. The van der Waals surface area contributed by atoms with Gasteiger partial charge in [-0.1, -0.05) is 36.4 Å². The summed E-state index contributed by atoms with van der Waals surface area (Å²) >= 11 is 1.49. The normalized spacial score (nSPS) is 13.4. The maximum Gasteiger partial charge on any atom is 0.325 e. The van der Waals surface area contributed by atoms with Crippen LogP contribution in [0.25, 0.3) is 0 Å². The Hall–Kier alpha value is -0.980. The predicted octanol–water partition coefficient (Wildman–Crippen LogP) is 4.14. The van der Waals surface area contributed by atoms with Crippen molar-refractivity contribution in [3.8, 4) is 0 Å². The van der Waals surface area contributed by atoms with Gasteiger partial charge in [-0.25, -0.2) is 0 Å². The fourth-order valence-corrected chi connectivity index (χ4v) is 4.63. The smallest absolute Gasteiger partial charge is 0.325 e. The average Bonchev–Trinajstić information content (AvgIpc) is 2.58. The van der Waals surface area contributed by atoms with Crippen molar-refractivity contribution in [2.75, 3.05) is 32.6 Å². The molecule has 1 aromatic carbocycles. The lowest BCUT2D eigenvalue weighted by Gasteiger charge is -2.27. The van der Waals surface area contributed by atoms with E-state index in [4.69, 9.17) is 13.0 Å². The van der Waals surface area contributed by atoms with Gasteiger partial charge in [0.1, 0.15) is 18.7 Å². The SMILES string of the molecule is [CH2-]C(C)(C)OC(=O)CNc1ccc(NCC(=O)OC(C)(CI)CI=N)cc1. The summed E-state index contributed by atoms with van der Waals surface area (Å²) in [4.78, 5) is 23.7. The highest BCUT2D eigenvalue weighted by atomic mass is 127. The van der Waals surface area contributed by atoms with Gasteiger partial charge in [-0.3, -0.25) is 13.2 Å². The minimum Gasteiger partial charge on any atom is -0.492 e. The molecule has 0 spiro atoms. The molecule has 0 aliphatic carbocycles. The van der Waals surface area contributed by atoms with Gasteiger partial charge in [0.2, 0.25) is 0 Å². The number of hydrogen-bond acceptors (Lipinski definition) is 7. The molecule has 3 N–H and O–H groups in total. The molecule has 0 aliphatic heterocycles. The minimum atomic E-state index is -0.753. The van der Waals surface area contributed by atoms with E-state index >= 15 is 0 Å². The number of rotatable bonds is 11. The molecule has 0 saturated carbocycles. The summed E-state index contributed by atoms with van der Waals surface area (Å²) in [6.07, 6.45) is 0. The van der Waals surface area contributed by atoms with Crippen molar-refractivity contribution in [2.24, 2.45) is 0 Å². The number of ether oxygens (including phenoxy) is 2. The number of hydrogen-bond donors (Lipinski definition) is 3. The van der Waals surface area contributed by atoms with Gasteiger partial charge in [0.25, 0.3) is 0 Å². The molecule has 1 unspecified atom stereocenters. The molecule has 27 heavy (non-hydrogen) atoms. The van der Waals surface area contributed by atoms with E-state index in [1.165, 1.54) is 0 Å². The van der Waals surface area contributed by atoms with Crippen LogP contribution in [0.15, 0.2) is 24.3 Å². The number of carbonyl (C=O) groups excluding carboxylic acids is 2. The second-order valence-electron chi connectivity index (χ2n) is 6.84. The Kier molecular flexibility index (Phi) is 9.91. The fraction of sp³-hybridized carbons (Fsp3) is 0.500. The number of anilines is 2. The second-order valence-corrected chi connectivity index (χ2v) is 9.13. The first-order valence-electron chi connectivity index (χ1n) is 8.24. The first-order valence-corrected chi connectivity index (χ1v) is 12.4. The van der Waals surface area contributed by atoms with Crippen molar-refractivity contribution in [1.82, 2.24) is 0 Å². The van der Waals surface area contributed by atoms with E-state index in [2.05, 4.69) is 40.1 Å². The van der Waals surface area contributed by atoms with Crippen LogP contribution in [0.1, 0.15) is 20.8 Å². The van der Waals surface area contributed by atoms with Crippen molar-refractivity contribution in [2.45, 2.75) is 32.0 Å². The molecular weight excluding hydrogens is 576 g/mol. The number of alkyl halides is 2. The Morgan fingerprint density at radius 2 is 1.52 bits per heavy atom. The third kappa shape index (κ3) is 10.2. The summed E-state index contributed by atoms with van der Waals surface area (Å²) in [7, 11) is 0. The third-order valence-corrected chi connectivity index (χ3v) is 6.75. The summed E-state index contributed by atoms with van der Waals surface area (Å²) < 4.78 is 19.4. The first kappa shape index (κ1) is 24.1. The van der Waals surface area contributed by atoms with E-state index in [1.54, 1.807) is 38.1 Å². The van der Waals surface area contributed by atoms with Gasteiger partial charge in [-0.15, -0.1) is 0 Å². The molecule has 1 atom stereocenters. The predicted molar refractivity (Wildman–Crippen MR) is 124 cm³/mol. The quantitative estimate of drug-likeness (QED) is 0.153. The molecule has 0 radical (unpaired) electrons. The number of carbonyl (C=O) groups is 2. The number of benzene rings is 1. The van der Waals surface area contributed by atoms with Crippen LogP contribution in [-0.4, -0.2) is 45.1 Å². The molecule has 9 heteroatoms. The van der Waals surface area contributed by atoms with Gasteiger partial charge in [0, 0.05) is 15.8 Å². The Morgan fingerprint density at radius 3 is 1.89 bits per heavy atom. The van der Waals surface area contributed by atoms with E-state index in [0.717, 1.165) is 11.4 Å². The van der Waals surface area contributed by atoms with E-state index in [1.807, 2.05) is 6.92 Å². The minimum absolute atomic E-state index is 0.0472. The number of nitrogens with one attached hydrogen (secondary N) is 3. The highest BCUT2D eigenvalue weighted by Gasteiger charge is 2.26. The van der Waals surface area contributed by atoms with Gasteiger partial charge in [-0.05, 0) is 57.8 Å². The molecule has 152 valence electrons. The van der Waals surface area contributed by atoms with Crippen molar-refractivity contribution in [3.05, 3.63) is 31.2 Å². The molecule has 0 amide bonds. The zero-order chi connectivity index (χ0) is 20.5. The summed E-state index contributed by atoms with van der Waals surface area (Å²) in [5, 5.41) is 5.99. The molecule has 0 fully saturated rings.